The lowest BCUT2D eigenvalue weighted by Gasteiger charge is -2.33. The first-order valence-electron chi connectivity index (χ1n) is 7.91. The molecule has 0 saturated carbocycles. The number of nitrogens with one attached hydrogen (secondary N) is 1. The molecule has 5 nitrogen and oxygen atoms in total. The Morgan fingerprint density at radius 3 is 2.79 bits per heavy atom. The van der Waals surface area contributed by atoms with E-state index in [0.717, 1.165) is 34.3 Å². The third-order valence-corrected chi connectivity index (χ3v) is 5.39. The van der Waals surface area contributed by atoms with Gasteiger partial charge in [0.2, 0.25) is 5.91 Å². The van der Waals surface area contributed by atoms with E-state index in [9.17, 15) is 9.90 Å². The summed E-state index contributed by atoms with van der Waals surface area (Å²) in [5, 5.41) is 11.3. The number of aromatic amines is 1. The molecule has 1 aliphatic rings. The normalized spacial score (nSPS) is 17.6. The summed E-state index contributed by atoms with van der Waals surface area (Å²) in [6, 6.07) is 1.78. The number of amides is 1. The number of aromatic nitrogens is 1. The van der Waals surface area contributed by atoms with E-state index in [1.54, 1.807) is 4.90 Å². The van der Waals surface area contributed by atoms with Crippen molar-refractivity contribution in [2.75, 3.05) is 27.2 Å². The fraction of sp³-hybridized carbons (Fsp3) is 0.471. The molecule has 0 bridgehead atoms. The standard InChI is InChI=1S/C17H21Cl2N3O2/c1-9-14-12(4-5-22(9)13(24)8-23)20-17-15(14)10(7-21(2)3)6-11(18)16(17)19/h6,9,20,23H,4-5,7-8H2,1-3H3/t9-/m0/s1. The van der Waals surface area contributed by atoms with Crippen LogP contribution in [0, 0.1) is 0 Å². The summed E-state index contributed by atoms with van der Waals surface area (Å²) in [7, 11) is 4.00. The van der Waals surface area contributed by atoms with Gasteiger partial charge in [-0.2, -0.15) is 0 Å². The number of halogens is 2. The lowest BCUT2D eigenvalue weighted by Crippen LogP contribution is -2.40. The van der Waals surface area contributed by atoms with Gasteiger partial charge < -0.3 is 19.9 Å². The highest BCUT2D eigenvalue weighted by Gasteiger charge is 2.32. The van der Waals surface area contributed by atoms with Gasteiger partial charge >= 0.3 is 0 Å². The molecule has 1 atom stereocenters. The van der Waals surface area contributed by atoms with Crippen LogP contribution < -0.4 is 0 Å². The molecule has 2 aromatic rings. The van der Waals surface area contributed by atoms with Crippen LogP contribution in [-0.2, 0) is 17.8 Å². The number of carbonyl (C=O) groups is 1. The van der Waals surface area contributed by atoms with E-state index in [1.807, 2.05) is 27.1 Å². The molecule has 0 saturated heterocycles. The lowest BCUT2D eigenvalue weighted by molar-refractivity contribution is -0.136. The molecular weight excluding hydrogens is 349 g/mol. The molecule has 1 aliphatic heterocycles. The van der Waals surface area contributed by atoms with Crippen molar-refractivity contribution in [2.24, 2.45) is 0 Å². The van der Waals surface area contributed by atoms with Gasteiger partial charge in [0, 0.05) is 36.2 Å². The van der Waals surface area contributed by atoms with E-state index in [1.165, 1.54) is 0 Å². The van der Waals surface area contributed by atoms with Gasteiger partial charge in [-0.15, -0.1) is 0 Å². The average molecular weight is 370 g/mol. The number of benzene rings is 1. The van der Waals surface area contributed by atoms with Crippen molar-refractivity contribution < 1.29 is 9.90 Å². The summed E-state index contributed by atoms with van der Waals surface area (Å²) in [5.74, 6) is -0.253. The van der Waals surface area contributed by atoms with E-state index < -0.39 is 6.61 Å². The van der Waals surface area contributed by atoms with Gasteiger partial charge in [-0.1, -0.05) is 23.2 Å². The molecule has 7 heteroatoms. The Morgan fingerprint density at radius 1 is 1.46 bits per heavy atom. The van der Waals surface area contributed by atoms with Crippen LogP contribution in [-0.4, -0.2) is 53.0 Å². The van der Waals surface area contributed by atoms with Crippen molar-refractivity contribution in [1.82, 2.24) is 14.8 Å². The van der Waals surface area contributed by atoms with Gasteiger partial charge in [0.15, 0.2) is 0 Å². The smallest absolute Gasteiger partial charge is 0.248 e. The van der Waals surface area contributed by atoms with Crippen molar-refractivity contribution in [3.63, 3.8) is 0 Å². The number of nitrogens with zero attached hydrogens (tertiary/aromatic N) is 2. The van der Waals surface area contributed by atoms with Crippen LogP contribution in [0.1, 0.15) is 29.8 Å². The van der Waals surface area contributed by atoms with Gasteiger partial charge in [-0.3, -0.25) is 4.79 Å². The van der Waals surface area contributed by atoms with Crippen molar-refractivity contribution >= 4 is 40.0 Å². The maximum Gasteiger partial charge on any atom is 0.248 e. The summed E-state index contributed by atoms with van der Waals surface area (Å²) >= 11 is 12.7. The minimum absolute atomic E-state index is 0.125. The van der Waals surface area contributed by atoms with Crippen LogP contribution in [0.3, 0.4) is 0 Å². The summed E-state index contributed by atoms with van der Waals surface area (Å²) in [5.41, 5.74) is 4.07. The van der Waals surface area contributed by atoms with Gasteiger partial charge in [-0.05, 0) is 32.6 Å². The minimum atomic E-state index is -0.473. The highest BCUT2D eigenvalue weighted by molar-refractivity contribution is 6.45. The number of hydrogen-bond donors (Lipinski definition) is 2. The quantitative estimate of drug-likeness (QED) is 0.874. The molecule has 0 spiro atoms. The zero-order valence-corrected chi connectivity index (χ0v) is 15.5. The molecule has 1 aromatic heterocycles. The predicted molar refractivity (Wildman–Crippen MR) is 96.6 cm³/mol. The van der Waals surface area contributed by atoms with Crippen LogP contribution in [0.2, 0.25) is 10.0 Å². The summed E-state index contributed by atoms with van der Waals surface area (Å²) in [6.45, 7) is 2.81. The third-order valence-electron chi connectivity index (χ3n) is 4.60. The van der Waals surface area contributed by atoms with Gasteiger partial charge in [0.25, 0.3) is 0 Å². The molecule has 24 heavy (non-hydrogen) atoms. The second kappa shape index (κ2) is 6.56. The first-order chi connectivity index (χ1) is 11.3. The summed E-state index contributed by atoms with van der Waals surface area (Å²) < 4.78 is 0. The van der Waals surface area contributed by atoms with E-state index in [4.69, 9.17) is 23.2 Å². The fourth-order valence-electron chi connectivity index (χ4n) is 3.61. The van der Waals surface area contributed by atoms with Crippen LogP contribution >= 0.6 is 23.2 Å². The van der Waals surface area contributed by atoms with Crippen molar-refractivity contribution in [2.45, 2.75) is 25.9 Å². The molecule has 0 unspecified atom stereocenters. The van der Waals surface area contributed by atoms with Crippen molar-refractivity contribution in [1.29, 1.82) is 0 Å². The molecular formula is C17H21Cl2N3O2. The molecule has 2 heterocycles. The number of hydrogen-bond acceptors (Lipinski definition) is 3. The van der Waals surface area contributed by atoms with Crippen molar-refractivity contribution in [3.8, 4) is 0 Å². The molecule has 2 N–H and O–H groups in total. The number of fused-ring (bicyclic) bond motifs is 3. The Morgan fingerprint density at radius 2 is 2.17 bits per heavy atom. The Balaban J connectivity index is 2.23. The first kappa shape index (κ1) is 17.5. The predicted octanol–water partition coefficient (Wildman–Crippen LogP) is 2.97. The number of aliphatic hydroxyl groups is 1. The number of H-pyrrole nitrogens is 1. The van der Waals surface area contributed by atoms with Crippen LogP contribution in [0.25, 0.3) is 10.9 Å². The molecule has 0 fully saturated rings. The maximum absolute atomic E-state index is 12.0. The third kappa shape index (κ3) is 2.80. The second-order valence-corrected chi connectivity index (χ2v) is 7.29. The Hall–Kier alpha value is -1.27. The van der Waals surface area contributed by atoms with Crippen LogP contribution in [0.5, 0.6) is 0 Å². The monoisotopic (exact) mass is 369 g/mol. The zero-order valence-electron chi connectivity index (χ0n) is 14.0. The zero-order chi connectivity index (χ0) is 17.6. The molecule has 130 valence electrons. The Bertz CT molecular complexity index is 801. The second-order valence-electron chi connectivity index (χ2n) is 6.51. The number of rotatable bonds is 3. The number of carbonyl (C=O) groups excluding carboxylic acids is 1. The van der Waals surface area contributed by atoms with E-state index in [-0.39, 0.29) is 11.9 Å². The van der Waals surface area contributed by atoms with Crippen LogP contribution in [0.4, 0.5) is 0 Å². The average Bonchev–Trinajstić information content (AvgIpc) is 2.92. The topological polar surface area (TPSA) is 59.6 Å². The molecule has 3 rings (SSSR count). The SMILES string of the molecule is C[C@H]1c2c([nH]c3c(Cl)c(Cl)cc(CN(C)C)c23)CCN1C(=O)CO. The maximum atomic E-state index is 12.0. The molecule has 1 amide bonds. The van der Waals surface area contributed by atoms with Gasteiger partial charge in [-0.25, -0.2) is 0 Å². The largest absolute Gasteiger partial charge is 0.387 e. The lowest BCUT2D eigenvalue weighted by atomic mass is 9.94. The minimum Gasteiger partial charge on any atom is -0.387 e. The van der Waals surface area contributed by atoms with Gasteiger partial charge in [0.1, 0.15) is 6.61 Å². The molecule has 0 aliphatic carbocycles. The van der Waals surface area contributed by atoms with Crippen molar-refractivity contribution in [3.05, 3.63) is 32.9 Å². The van der Waals surface area contributed by atoms with E-state index in [0.29, 0.717) is 23.0 Å². The van der Waals surface area contributed by atoms with Crippen LogP contribution in [0.15, 0.2) is 6.07 Å². The van der Waals surface area contributed by atoms with E-state index >= 15 is 0 Å². The fourth-order valence-corrected chi connectivity index (χ4v) is 4.03. The van der Waals surface area contributed by atoms with E-state index in [2.05, 4.69) is 9.88 Å². The molecule has 1 aromatic carbocycles. The van der Waals surface area contributed by atoms with Gasteiger partial charge in [0.05, 0.1) is 21.6 Å². The highest BCUT2D eigenvalue weighted by Crippen LogP contribution is 2.42. The first-order valence-corrected chi connectivity index (χ1v) is 8.67. The highest BCUT2D eigenvalue weighted by atomic mass is 35.5. The Kier molecular flexibility index (Phi) is 4.80. The molecule has 0 radical (unpaired) electrons. The Labute approximate surface area is 151 Å². The summed E-state index contributed by atoms with van der Waals surface area (Å²) in [4.78, 5) is 19.2. The summed E-state index contributed by atoms with van der Waals surface area (Å²) in [6.07, 6.45) is 0.704. The number of aliphatic hydroxyl groups excluding tert-OH is 1.